The van der Waals surface area contributed by atoms with Crippen LogP contribution in [0, 0.1) is 12.8 Å². The first-order chi connectivity index (χ1) is 11.1. The molecule has 1 unspecified atom stereocenters. The van der Waals surface area contributed by atoms with Gasteiger partial charge in [-0.2, -0.15) is 0 Å². The van der Waals surface area contributed by atoms with Gasteiger partial charge in [-0.05, 0) is 38.5 Å². The van der Waals surface area contributed by atoms with Crippen LogP contribution in [-0.2, 0) is 16.1 Å². The van der Waals surface area contributed by atoms with E-state index in [1.807, 2.05) is 4.90 Å². The van der Waals surface area contributed by atoms with Gasteiger partial charge in [-0.3, -0.25) is 14.2 Å². The maximum absolute atomic E-state index is 12.3. The van der Waals surface area contributed by atoms with Crippen molar-refractivity contribution in [2.24, 2.45) is 5.92 Å². The minimum atomic E-state index is 0.0388. The maximum atomic E-state index is 12.3. The van der Waals surface area contributed by atoms with Crippen molar-refractivity contribution >= 4 is 5.91 Å². The molecular weight excluding hydrogens is 294 g/mol. The molecule has 126 valence electrons. The van der Waals surface area contributed by atoms with Crippen LogP contribution in [0.25, 0.3) is 0 Å². The van der Waals surface area contributed by atoms with E-state index in [1.165, 1.54) is 0 Å². The summed E-state index contributed by atoms with van der Waals surface area (Å²) in [7, 11) is 0. The van der Waals surface area contributed by atoms with Gasteiger partial charge in [0, 0.05) is 38.0 Å². The number of amides is 1. The molecule has 2 aliphatic rings. The number of carbonyl (C=O) groups excluding carboxylic acids is 1. The standard InChI is InChI=1S/C17H25N3O3/c1-13-10-18-12-20(17(13)22)11-14-4-6-19(7-5-14)16(21)9-15-3-2-8-23-15/h10,12,14-15H,2-9,11H2,1H3. The normalized spacial score (nSPS) is 22.5. The number of likely N-dealkylation sites (tertiary alicyclic amines) is 1. The first-order valence-corrected chi connectivity index (χ1v) is 8.54. The van der Waals surface area contributed by atoms with Gasteiger partial charge < -0.3 is 9.64 Å². The SMILES string of the molecule is Cc1cncn(CC2CCN(C(=O)CC3CCCO3)CC2)c1=O. The number of ether oxygens (including phenoxy) is 1. The molecule has 0 radical (unpaired) electrons. The molecule has 2 saturated heterocycles. The average molecular weight is 319 g/mol. The highest BCUT2D eigenvalue weighted by Gasteiger charge is 2.26. The van der Waals surface area contributed by atoms with Gasteiger partial charge in [-0.15, -0.1) is 0 Å². The summed E-state index contributed by atoms with van der Waals surface area (Å²) in [6.45, 7) is 4.84. The van der Waals surface area contributed by atoms with E-state index in [-0.39, 0.29) is 17.6 Å². The van der Waals surface area contributed by atoms with Gasteiger partial charge in [0.05, 0.1) is 18.9 Å². The minimum Gasteiger partial charge on any atom is -0.378 e. The lowest BCUT2D eigenvalue weighted by Crippen LogP contribution is -2.41. The first-order valence-electron chi connectivity index (χ1n) is 8.54. The molecule has 0 aromatic carbocycles. The molecule has 0 saturated carbocycles. The van der Waals surface area contributed by atoms with E-state index in [0.717, 1.165) is 45.4 Å². The summed E-state index contributed by atoms with van der Waals surface area (Å²) in [6, 6.07) is 0. The fourth-order valence-corrected chi connectivity index (χ4v) is 3.46. The number of hydrogen-bond acceptors (Lipinski definition) is 4. The van der Waals surface area contributed by atoms with Gasteiger partial charge in [0.2, 0.25) is 5.91 Å². The van der Waals surface area contributed by atoms with E-state index in [9.17, 15) is 9.59 Å². The fourth-order valence-electron chi connectivity index (χ4n) is 3.46. The van der Waals surface area contributed by atoms with E-state index < -0.39 is 0 Å². The quantitative estimate of drug-likeness (QED) is 0.840. The first kappa shape index (κ1) is 16.2. The lowest BCUT2D eigenvalue weighted by molar-refractivity contribution is -0.134. The molecule has 0 aliphatic carbocycles. The Balaban J connectivity index is 1.49. The third-order valence-electron chi connectivity index (χ3n) is 4.92. The molecule has 2 aliphatic heterocycles. The van der Waals surface area contributed by atoms with Gasteiger partial charge in [0.15, 0.2) is 0 Å². The van der Waals surface area contributed by atoms with Crippen LogP contribution in [-0.4, -0.2) is 46.2 Å². The Kier molecular flexibility index (Phi) is 5.10. The molecule has 3 rings (SSSR count). The highest BCUT2D eigenvalue weighted by atomic mass is 16.5. The van der Waals surface area contributed by atoms with Crippen LogP contribution in [0.3, 0.4) is 0 Å². The van der Waals surface area contributed by atoms with Gasteiger partial charge in [-0.25, -0.2) is 4.98 Å². The summed E-state index contributed by atoms with van der Waals surface area (Å²) < 4.78 is 7.24. The number of carbonyl (C=O) groups is 1. The molecule has 0 bridgehead atoms. The molecule has 0 N–H and O–H groups in total. The Morgan fingerprint density at radius 2 is 2.13 bits per heavy atom. The predicted molar refractivity (Wildman–Crippen MR) is 86.1 cm³/mol. The average Bonchev–Trinajstić information content (AvgIpc) is 3.05. The number of hydrogen-bond donors (Lipinski definition) is 0. The smallest absolute Gasteiger partial charge is 0.256 e. The van der Waals surface area contributed by atoms with Crippen LogP contribution in [0.4, 0.5) is 0 Å². The van der Waals surface area contributed by atoms with Gasteiger partial charge in [0.25, 0.3) is 5.56 Å². The third kappa shape index (κ3) is 3.99. The predicted octanol–water partition coefficient (Wildman–Crippen LogP) is 1.36. The topological polar surface area (TPSA) is 64.4 Å². The van der Waals surface area contributed by atoms with E-state index in [1.54, 1.807) is 24.0 Å². The summed E-state index contributed by atoms with van der Waals surface area (Å²) in [4.78, 5) is 30.4. The molecular formula is C17H25N3O3. The zero-order valence-corrected chi connectivity index (χ0v) is 13.7. The molecule has 0 spiro atoms. The van der Waals surface area contributed by atoms with Crippen LogP contribution in [0.5, 0.6) is 0 Å². The second-order valence-corrected chi connectivity index (χ2v) is 6.70. The molecule has 1 aromatic heterocycles. The largest absolute Gasteiger partial charge is 0.378 e. The van der Waals surface area contributed by atoms with Crippen molar-refractivity contribution < 1.29 is 9.53 Å². The molecule has 1 atom stereocenters. The van der Waals surface area contributed by atoms with Crippen molar-refractivity contribution in [3.05, 3.63) is 28.4 Å². The molecule has 2 fully saturated rings. The molecule has 3 heterocycles. The van der Waals surface area contributed by atoms with Gasteiger partial charge >= 0.3 is 0 Å². The number of nitrogens with zero attached hydrogens (tertiary/aromatic N) is 3. The summed E-state index contributed by atoms with van der Waals surface area (Å²) in [5, 5.41) is 0. The Morgan fingerprint density at radius 3 is 2.83 bits per heavy atom. The zero-order valence-electron chi connectivity index (χ0n) is 13.7. The summed E-state index contributed by atoms with van der Waals surface area (Å²) in [5.74, 6) is 0.646. The van der Waals surface area contributed by atoms with E-state index in [2.05, 4.69) is 4.98 Å². The Labute approximate surface area is 136 Å². The van der Waals surface area contributed by atoms with Gasteiger partial charge in [-0.1, -0.05) is 0 Å². The van der Waals surface area contributed by atoms with Gasteiger partial charge in [0.1, 0.15) is 0 Å². The lowest BCUT2D eigenvalue weighted by Gasteiger charge is -2.32. The highest BCUT2D eigenvalue weighted by Crippen LogP contribution is 2.21. The van der Waals surface area contributed by atoms with Crippen molar-refractivity contribution in [2.75, 3.05) is 19.7 Å². The Bertz CT molecular complexity index is 599. The molecule has 1 amide bonds. The van der Waals surface area contributed by atoms with Crippen LogP contribution >= 0.6 is 0 Å². The van der Waals surface area contributed by atoms with Crippen molar-refractivity contribution in [3.8, 4) is 0 Å². The number of aryl methyl sites for hydroxylation is 1. The Morgan fingerprint density at radius 1 is 1.35 bits per heavy atom. The van der Waals surface area contributed by atoms with E-state index in [0.29, 0.717) is 24.4 Å². The van der Waals surface area contributed by atoms with E-state index in [4.69, 9.17) is 4.74 Å². The Hall–Kier alpha value is -1.69. The van der Waals surface area contributed by atoms with Crippen LogP contribution < -0.4 is 5.56 Å². The number of aromatic nitrogens is 2. The zero-order chi connectivity index (χ0) is 16.2. The highest BCUT2D eigenvalue weighted by molar-refractivity contribution is 5.76. The fraction of sp³-hybridized carbons (Fsp3) is 0.706. The monoisotopic (exact) mass is 319 g/mol. The van der Waals surface area contributed by atoms with Crippen molar-refractivity contribution in [1.82, 2.24) is 14.5 Å². The summed E-state index contributed by atoms with van der Waals surface area (Å²) >= 11 is 0. The minimum absolute atomic E-state index is 0.0388. The third-order valence-corrected chi connectivity index (χ3v) is 4.92. The van der Waals surface area contributed by atoms with Crippen LogP contribution in [0.1, 0.15) is 37.7 Å². The molecule has 23 heavy (non-hydrogen) atoms. The number of piperidine rings is 1. The van der Waals surface area contributed by atoms with Crippen LogP contribution in [0.2, 0.25) is 0 Å². The summed E-state index contributed by atoms with van der Waals surface area (Å²) in [6.07, 6.45) is 7.82. The lowest BCUT2D eigenvalue weighted by atomic mass is 9.96. The van der Waals surface area contributed by atoms with E-state index >= 15 is 0 Å². The molecule has 6 heteroatoms. The van der Waals surface area contributed by atoms with Crippen molar-refractivity contribution in [3.63, 3.8) is 0 Å². The molecule has 1 aromatic rings. The summed E-state index contributed by atoms with van der Waals surface area (Å²) in [5.41, 5.74) is 0.716. The van der Waals surface area contributed by atoms with Crippen LogP contribution in [0.15, 0.2) is 17.3 Å². The second kappa shape index (κ2) is 7.25. The van der Waals surface area contributed by atoms with Crippen molar-refractivity contribution in [1.29, 1.82) is 0 Å². The molecule has 6 nitrogen and oxygen atoms in total. The van der Waals surface area contributed by atoms with Crippen molar-refractivity contribution in [2.45, 2.75) is 51.7 Å². The second-order valence-electron chi connectivity index (χ2n) is 6.70. The maximum Gasteiger partial charge on any atom is 0.256 e. The number of rotatable bonds is 4.